The topological polar surface area (TPSA) is 41.1 Å². The van der Waals surface area contributed by atoms with E-state index in [1.807, 2.05) is 0 Å². The second-order valence-electron chi connectivity index (χ2n) is 4.63. The molecule has 1 atom stereocenters. The number of nitrogens with one attached hydrogen (secondary N) is 2. The van der Waals surface area contributed by atoms with Gasteiger partial charge in [-0.25, -0.2) is 13.2 Å². The quantitative estimate of drug-likeness (QED) is 0.892. The van der Waals surface area contributed by atoms with Crippen molar-refractivity contribution < 1.29 is 18.0 Å². The van der Waals surface area contributed by atoms with E-state index in [0.717, 1.165) is 0 Å². The Labute approximate surface area is 121 Å². The second-order valence-corrected chi connectivity index (χ2v) is 4.63. The fourth-order valence-electron chi connectivity index (χ4n) is 2.05. The lowest BCUT2D eigenvalue weighted by Crippen LogP contribution is -2.41. The first kappa shape index (κ1) is 16.8. The van der Waals surface area contributed by atoms with Crippen molar-refractivity contribution in [2.24, 2.45) is 0 Å². The zero-order valence-electron chi connectivity index (χ0n) is 10.7. The monoisotopic (exact) mass is 308 g/mol. The average molecular weight is 309 g/mol. The van der Waals surface area contributed by atoms with Gasteiger partial charge in [-0.15, -0.1) is 12.4 Å². The van der Waals surface area contributed by atoms with Crippen molar-refractivity contribution in [3.63, 3.8) is 0 Å². The Morgan fingerprint density at radius 1 is 1.40 bits per heavy atom. The van der Waals surface area contributed by atoms with Crippen molar-refractivity contribution in [1.82, 2.24) is 10.6 Å². The lowest BCUT2D eigenvalue weighted by Gasteiger charge is -2.11. The molecule has 0 aliphatic carbocycles. The van der Waals surface area contributed by atoms with Crippen LogP contribution in [0.25, 0.3) is 0 Å². The third-order valence-electron chi connectivity index (χ3n) is 3.08. The minimum absolute atomic E-state index is 0. The van der Waals surface area contributed by atoms with Gasteiger partial charge in [-0.2, -0.15) is 0 Å². The Morgan fingerprint density at radius 2 is 2.10 bits per heavy atom. The number of benzene rings is 1. The molecule has 3 nitrogen and oxygen atoms in total. The fraction of sp³-hybridized carbons (Fsp3) is 0.462. The molecule has 0 spiro atoms. The summed E-state index contributed by atoms with van der Waals surface area (Å²) in [5, 5.41) is 5.01. The molecule has 1 amide bonds. The van der Waals surface area contributed by atoms with Gasteiger partial charge in [0.15, 0.2) is 0 Å². The molecule has 2 N–H and O–H groups in total. The molecule has 1 aliphatic heterocycles. The predicted molar refractivity (Wildman–Crippen MR) is 71.7 cm³/mol. The van der Waals surface area contributed by atoms with Crippen molar-refractivity contribution in [3.05, 3.63) is 35.6 Å². The summed E-state index contributed by atoms with van der Waals surface area (Å²) in [7, 11) is 0. The van der Waals surface area contributed by atoms with Gasteiger partial charge in [0.05, 0.1) is 12.6 Å². The lowest BCUT2D eigenvalue weighted by atomic mass is 10.1. The number of amides is 1. The van der Waals surface area contributed by atoms with Crippen molar-refractivity contribution in [2.75, 3.05) is 13.1 Å². The first-order valence-corrected chi connectivity index (χ1v) is 6.10. The summed E-state index contributed by atoms with van der Waals surface area (Å²) in [6.45, 7) is -0.248. The molecule has 1 aromatic carbocycles. The van der Waals surface area contributed by atoms with Crippen LogP contribution >= 0.6 is 12.4 Å². The molecule has 2 rings (SSSR count). The van der Waals surface area contributed by atoms with Crippen LogP contribution in [0.1, 0.15) is 12.0 Å². The van der Waals surface area contributed by atoms with Crippen LogP contribution in [0.3, 0.4) is 0 Å². The fourth-order valence-corrected chi connectivity index (χ4v) is 2.05. The Morgan fingerprint density at radius 3 is 2.70 bits per heavy atom. The van der Waals surface area contributed by atoms with Gasteiger partial charge in [-0.1, -0.05) is 18.2 Å². The van der Waals surface area contributed by atoms with Crippen molar-refractivity contribution in [1.29, 1.82) is 0 Å². The minimum Gasteiger partial charge on any atom is -0.354 e. The Balaban J connectivity index is 0.00000200. The van der Waals surface area contributed by atoms with Gasteiger partial charge in [0.1, 0.15) is 5.82 Å². The number of hydrogen-bond donors (Lipinski definition) is 2. The van der Waals surface area contributed by atoms with Crippen LogP contribution in [0.4, 0.5) is 13.2 Å². The number of halogens is 4. The summed E-state index contributed by atoms with van der Waals surface area (Å²) in [6.07, 6.45) is -0.153. The summed E-state index contributed by atoms with van der Waals surface area (Å²) < 4.78 is 39.1. The largest absolute Gasteiger partial charge is 0.354 e. The Hall–Kier alpha value is -1.27. The van der Waals surface area contributed by atoms with Crippen LogP contribution in [-0.2, 0) is 11.2 Å². The molecule has 0 aromatic heterocycles. The number of hydrogen-bond acceptors (Lipinski definition) is 2. The van der Waals surface area contributed by atoms with Crippen LogP contribution in [0.5, 0.6) is 0 Å². The summed E-state index contributed by atoms with van der Waals surface area (Å²) in [6, 6.07) is 5.40. The molecule has 20 heavy (non-hydrogen) atoms. The third kappa shape index (κ3) is 4.38. The van der Waals surface area contributed by atoms with Gasteiger partial charge in [-0.3, -0.25) is 10.1 Å². The maximum Gasteiger partial charge on any atom is 0.262 e. The van der Waals surface area contributed by atoms with Gasteiger partial charge >= 0.3 is 0 Å². The van der Waals surface area contributed by atoms with E-state index in [-0.39, 0.29) is 24.8 Å². The van der Waals surface area contributed by atoms with Gasteiger partial charge in [-0.05, 0) is 18.1 Å². The SMILES string of the molecule is Cl.O=C(NCCc1ccccc1F)C1CC(F)(F)CN1. The molecule has 1 heterocycles. The molecule has 1 unspecified atom stereocenters. The van der Waals surface area contributed by atoms with E-state index < -0.39 is 30.8 Å². The highest BCUT2D eigenvalue weighted by Crippen LogP contribution is 2.24. The second kappa shape index (κ2) is 6.95. The Kier molecular flexibility index (Phi) is 5.83. The predicted octanol–water partition coefficient (Wildman–Crippen LogP) is 1.90. The summed E-state index contributed by atoms with van der Waals surface area (Å²) in [4.78, 5) is 11.6. The standard InChI is InChI=1S/C13H15F3N2O.ClH/c14-10-4-2-1-3-9(10)5-6-17-12(19)11-7-13(15,16)8-18-11;/h1-4,11,18H,5-8H2,(H,17,19);1H. The first-order chi connectivity index (χ1) is 8.98. The Bertz CT molecular complexity index is 471. The zero-order chi connectivity index (χ0) is 13.9. The molecule has 1 saturated heterocycles. The maximum atomic E-state index is 13.3. The molecule has 7 heteroatoms. The molecule has 1 fully saturated rings. The summed E-state index contributed by atoms with van der Waals surface area (Å²) >= 11 is 0. The van der Waals surface area contributed by atoms with Crippen LogP contribution in [0.15, 0.2) is 24.3 Å². The van der Waals surface area contributed by atoms with E-state index in [0.29, 0.717) is 12.0 Å². The van der Waals surface area contributed by atoms with Crippen LogP contribution in [-0.4, -0.2) is 31.0 Å². The van der Waals surface area contributed by atoms with E-state index in [9.17, 15) is 18.0 Å². The van der Waals surface area contributed by atoms with Crippen molar-refractivity contribution in [3.8, 4) is 0 Å². The number of carbonyl (C=O) groups is 1. The zero-order valence-corrected chi connectivity index (χ0v) is 11.5. The first-order valence-electron chi connectivity index (χ1n) is 6.10. The smallest absolute Gasteiger partial charge is 0.262 e. The molecular weight excluding hydrogens is 293 g/mol. The highest BCUT2D eigenvalue weighted by molar-refractivity contribution is 5.85. The molecule has 1 aliphatic rings. The third-order valence-corrected chi connectivity index (χ3v) is 3.08. The van der Waals surface area contributed by atoms with E-state index in [1.165, 1.54) is 6.07 Å². The lowest BCUT2D eigenvalue weighted by molar-refractivity contribution is -0.123. The number of alkyl halides is 2. The molecule has 0 radical (unpaired) electrons. The van der Waals surface area contributed by atoms with Crippen LogP contribution in [0.2, 0.25) is 0 Å². The van der Waals surface area contributed by atoms with Crippen LogP contribution < -0.4 is 10.6 Å². The summed E-state index contributed by atoms with van der Waals surface area (Å²) in [5.74, 6) is -3.62. The number of carbonyl (C=O) groups excluding carboxylic acids is 1. The van der Waals surface area contributed by atoms with Crippen molar-refractivity contribution in [2.45, 2.75) is 24.8 Å². The van der Waals surface area contributed by atoms with Gasteiger partial charge in [0.25, 0.3) is 5.92 Å². The van der Waals surface area contributed by atoms with E-state index in [4.69, 9.17) is 0 Å². The van der Waals surface area contributed by atoms with Crippen molar-refractivity contribution >= 4 is 18.3 Å². The van der Waals surface area contributed by atoms with E-state index in [2.05, 4.69) is 10.6 Å². The molecule has 0 saturated carbocycles. The highest BCUT2D eigenvalue weighted by Gasteiger charge is 2.42. The average Bonchev–Trinajstić information content (AvgIpc) is 2.72. The molecule has 0 bridgehead atoms. The van der Waals surface area contributed by atoms with E-state index >= 15 is 0 Å². The molecule has 1 aromatic rings. The normalized spacial score (nSPS) is 20.2. The number of rotatable bonds is 4. The van der Waals surface area contributed by atoms with Crippen LogP contribution in [0, 0.1) is 5.82 Å². The maximum absolute atomic E-state index is 13.3. The van der Waals surface area contributed by atoms with E-state index in [1.54, 1.807) is 18.2 Å². The van der Waals surface area contributed by atoms with Gasteiger partial charge < -0.3 is 5.32 Å². The highest BCUT2D eigenvalue weighted by atomic mass is 35.5. The molecule has 112 valence electrons. The van der Waals surface area contributed by atoms with Gasteiger partial charge in [0, 0.05) is 13.0 Å². The molecular formula is C13H16ClF3N2O. The van der Waals surface area contributed by atoms with Gasteiger partial charge in [0.2, 0.25) is 5.91 Å². The summed E-state index contributed by atoms with van der Waals surface area (Å²) in [5.41, 5.74) is 0.493. The minimum atomic E-state index is -2.83.